The maximum atomic E-state index is 10.3. The first-order valence-corrected chi connectivity index (χ1v) is 5.63. The maximum absolute atomic E-state index is 10.3. The van der Waals surface area contributed by atoms with Crippen molar-refractivity contribution in [2.45, 2.75) is 51.5 Å². The van der Waals surface area contributed by atoms with Crippen LogP contribution in [0.4, 0.5) is 0 Å². The summed E-state index contributed by atoms with van der Waals surface area (Å²) < 4.78 is 0. The molecule has 0 saturated heterocycles. The van der Waals surface area contributed by atoms with Crippen molar-refractivity contribution in [2.75, 3.05) is 6.54 Å². The Morgan fingerprint density at radius 3 is 2.93 bits per heavy atom. The first kappa shape index (κ1) is 11.5. The van der Waals surface area contributed by atoms with Gasteiger partial charge in [0.15, 0.2) is 0 Å². The van der Waals surface area contributed by atoms with Gasteiger partial charge in [0.2, 0.25) is 0 Å². The molecule has 0 aliphatic heterocycles. The van der Waals surface area contributed by atoms with Gasteiger partial charge in [-0.15, -0.1) is 0 Å². The molecule has 2 N–H and O–H groups in total. The molecule has 14 heavy (non-hydrogen) atoms. The van der Waals surface area contributed by atoms with E-state index in [0.717, 1.165) is 18.9 Å². The highest BCUT2D eigenvalue weighted by atomic mass is 16.4. The minimum Gasteiger partial charge on any atom is -0.481 e. The van der Waals surface area contributed by atoms with E-state index in [9.17, 15) is 4.79 Å². The van der Waals surface area contributed by atoms with Crippen LogP contribution in [-0.2, 0) is 4.79 Å². The molecular weight excluding hydrogens is 178 g/mol. The van der Waals surface area contributed by atoms with Crippen LogP contribution in [0.5, 0.6) is 0 Å². The minimum absolute atomic E-state index is 0.287. The quantitative estimate of drug-likeness (QED) is 0.666. The van der Waals surface area contributed by atoms with Crippen LogP contribution in [0.3, 0.4) is 0 Å². The van der Waals surface area contributed by atoms with Gasteiger partial charge in [-0.2, -0.15) is 0 Å². The molecule has 82 valence electrons. The first-order valence-electron chi connectivity index (χ1n) is 5.63. The van der Waals surface area contributed by atoms with Crippen LogP contribution in [0.1, 0.15) is 45.4 Å². The van der Waals surface area contributed by atoms with Crippen LogP contribution in [0.2, 0.25) is 0 Å². The van der Waals surface area contributed by atoms with E-state index in [1.54, 1.807) is 0 Å². The fraction of sp³-hybridized carbons (Fsp3) is 0.909. The SMILES string of the molecule is CC1CCCC(NCCCC(=O)O)C1. The number of nitrogens with one attached hydrogen (secondary N) is 1. The van der Waals surface area contributed by atoms with Crippen molar-refractivity contribution in [3.05, 3.63) is 0 Å². The van der Waals surface area contributed by atoms with Gasteiger partial charge in [-0.05, 0) is 31.7 Å². The second-order valence-corrected chi connectivity index (χ2v) is 4.42. The number of carboxylic acids is 1. The molecule has 1 rings (SSSR count). The van der Waals surface area contributed by atoms with Crippen molar-refractivity contribution in [1.29, 1.82) is 0 Å². The van der Waals surface area contributed by atoms with E-state index < -0.39 is 5.97 Å². The zero-order valence-corrected chi connectivity index (χ0v) is 8.96. The Morgan fingerprint density at radius 2 is 2.29 bits per heavy atom. The highest BCUT2D eigenvalue weighted by molar-refractivity contribution is 5.66. The molecule has 0 heterocycles. The molecule has 1 aliphatic carbocycles. The number of rotatable bonds is 5. The van der Waals surface area contributed by atoms with Crippen LogP contribution in [-0.4, -0.2) is 23.7 Å². The number of carboxylic acid groups (broad SMARTS) is 1. The van der Waals surface area contributed by atoms with E-state index in [1.807, 2.05) is 0 Å². The molecule has 0 bridgehead atoms. The topological polar surface area (TPSA) is 49.3 Å². The summed E-state index contributed by atoms with van der Waals surface area (Å²) in [6, 6.07) is 0.632. The molecule has 2 atom stereocenters. The molecule has 2 unspecified atom stereocenters. The Morgan fingerprint density at radius 1 is 1.50 bits per heavy atom. The van der Waals surface area contributed by atoms with Crippen molar-refractivity contribution < 1.29 is 9.90 Å². The van der Waals surface area contributed by atoms with E-state index in [1.165, 1.54) is 25.7 Å². The average molecular weight is 199 g/mol. The summed E-state index contributed by atoms with van der Waals surface area (Å²) in [6.45, 7) is 3.15. The Labute approximate surface area is 85.9 Å². The summed E-state index contributed by atoms with van der Waals surface area (Å²) in [5.41, 5.74) is 0. The van der Waals surface area contributed by atoms with Crippen molar-refractivity contribution in [2.24, 2.45) is 5.92 Å². The molecule has 3 heteroatoms. The van der Waals surface area contributed by atoms with Gasteiger partial charge in [-0.1, -0.05) is 19.8 Å². The van der Waals surface area contributed by atoms with Crippen LogP contribution in [0.25, 0.3) is 0 Å². The monoisotopic (exact) mass is 199 g/mol. The molecular formula is C11H21NO2. The normalized spacial score (nSPS) is 27.5. The number of carbonyl (C=O) groups is 1. The van der Waals surface area contributed by atoms with E-state index >= 15 is 0 Å². The molecule has 0 amide bonds. The molecule has 0 aromatic heterocycles. The van der Waals surface area contributed by atoms with Crippen LogP contribution in [0.15, 0.2) is 0 Å². The lowest BCUT2D eigenvalue weighted by Crippen LogP contribution is -2.34. The molecule has 0 aromatic rings. The van der Waals surface area contributed by atoms with Gasteiger partial charge >= 0.3 is 5.97 Å². The zero-order chi connectivity index (χ0) is 10.4. The van der Waals surface area contributed by atoms with E-state index in [4.69, 9.17) is 5.11 Å². The average Bonchev–Trinajstić information content (AvgIpc) is 2.12. The van der Waals surface area contributed by atoms with Gasteiger partial charge in [0.1, 0.15) is 0 Å². The number of aliphatic carboxylic acids is 1. The van der Waals surface area contributed by atoms with Gasteiger partial charge in [0.25, 0.3) is 0 Å². The Balaban J connectivity index is 2.03. The fourth-order valence-corrected chi connectivity index (χ4v) is 2.17. The smallest absolute Gasteiger partial charge is 0.303 e. The summed E-state index contributed by atoms with van der Waals surface area (Å²) >= 11 is 0. The Hall–Kier alpha value is -0.570. The first-order chi connectivity index (χ1) is 6.68. The van der Waals surface area contributed by atoms with Crippen LogP contribution >= 0.6 is 0 Å². The highest BCUT2D eigenvalue weighted by Crippen LogP contribution is 2.23. The summed E-state index contributed by atoms with van der Waals surface area (Å²) in [4.78, 5) is 10.3. The number of hydrogen-bond acceptors (Lipinski definition) is 2. The third kappa shape index (κ3) is 4.61. The third-order valence-corrected chi connectivity index (χ3v) is 2.94. The van der Waals surface area contributed by atoms with Gasteiger partial charge in [-0.25, -0.2) is 0 Å². The number of hydrogen-bond donors (Lipinski definition) is 2. The van der Waals surface area contributed by atoms with Gasteiger partial charge in [0.05, 0.1) is 0 Å². The van der Waals surface area contributed by atoms with Crippen LogP contribution in [0, 0.1) is 5.92 Å². The predicted molar refractivity (Wildman–Crippen MR) is 56.3 cm³/mol. The zero-order valence-electron chi connectivity index (χ0n) is 8.96. The lowest BCUT2D eigenvalue weighted by atomic mass is 9.87. The maximum Gasteiger partial charge on any atom is 0.303 e. The standard InChI is InChI=1S/C11H21NO2/c1-9-4-2-5-10(8-9)12-7-3-6-11(13)14/h9-10,12H,2-8H2,1H3,(H,13,14). The molecule has 1 saturated carbocycles. The molecule has 3 nitrogen and oxygen atoms in total. The van der Waals surface area contributed by atoms with Gasteiger partial charge in [0, 0.05) is 12.5 Å². The van der Waals surface area contributed by atoms with Crippen LogP contribution < -0.4 is 5.32 Å². The lowest BCUT2D eigenvalue weighted by molar-refractivity contribution is -0.137. The molecule has 1 fully saturated rings. The second kappa shape index (κ2) is 6.02. The summed E-state index contributed by atoms with van der Waals surface area (Å²) in [5, 5.41) is 11.9. The lowest BCUT2D eigenvalue weighted by Gasteiger charge is -2.27. The molecule has 1 aliphatic rings. The predicted octanol–water partition coefficient (Wildman–Crippen LogP) is 2.02. The van der Waals surface area contributed by atoms with Gasteiger partial charge in [-0.3, -0.25) is 4.79 Å². The third-order valence-electron chi connectivity index (χ3n) is 2.94. The van der Waals surface area contributed by atoms with E-state index in [0.29, 0.717) is 6.04 Å². The Bertz CT molecular complexity index is 182. The van der Waals surface area contributed by atoms with E-state index in [-0.39, 0.29) is 6.42 Å². The summed E-state index contributed by atoms with van der Waals surface area (Å²) in [7, 11) is 0. The summed E-state index contributed by atoms with van der Waals surface area (Å²) in [5.74, 6) is 0.143. The Kier molecular flexibility index (Phi) is 4.94. The molecule has 0 aromatic carbocycles. The molecule has 0 spiro atoms. The second-order valence-electron chi connectivity index (χ2n) is 4.42. The highest BCUT2D eigenvalue weighted by Gasteiger charge is 2.17. The van der Waals surface area contributed by atoms with Gasteiger partial charge < -0.3 is 10.4 Å². The van der Waals surface area contributed by atoms with Crippen molar-refractivity contribution >= 4 is 5.97 Å². The van der Waals surface area contributed by atoms with E-state index in [2.05, 4.69) is 12.2 Å². The fourth-order valence-electron chi connectivity index (χ4n) is 2.17. The summed E-state index contributed by atoms with van der Waals surface area (Å²) in [6.07, 6.45) is 6.23. The van der Waals surface area contributed by atoms with Crippen molar-refractivity contribution in [3.8, 4) is 0 Å². The minimum atomic E-state index is -0.691. The molecule has 0 radical (unpaired) electrons. The largest absolute Gasteiger partial charge is 0.481 e. The van der Waals surface area contributed by atoms with Crippen molar-refractivity contribution in [3.63, 3.8) is 0 Å². The van der Waals surface area contributed by atoms with Crippen molar-refractivity contribution in [1.82, 2.24) is 5.32 Å².